The fourth-order valence-electron chi connectivity index (χ4n) is 0.882. The first kappa shape index (κ1) is 12.8. The standard InChI is InChI=1S/C8H9NO5S2/c1-4(2)16(13,14)8(12)6-5(7(10)11)3-9-15-6/h3-4H,1-2H3,(H,10,11). The summed E-state index contributed by atoms with van der Waals surface area (Å²) in [5.41, 5.74) is -0.376. The van der Waals surface area contributed by atoms with Gasteiger partial charge in [0.2, 0.25) is 9.84 Å². The first-order valence-electron chi connectivity index (χ1n) is 4.24. The van der Waals surface area contributed by atoms with Gasteiger partial charge in [0, 0.05) is 0 Å². The van der Waals surface area contributed by atoms with Crippen molar-refractivity contribution in [3.63, 3.8) is 0 Å². The summed E-state index contributed by atoms with van der Waals surface area (Å²) < 4.78 is 26.6. The number of hydrogen-bond donors (Lipinski definition) is 1. The minimum absolute atomic E-state index is 0.346. The van der Waals surface area contributed by atoms with E-state index in [9.17, 15) is 18.0 Å². The molecule has 1 aromatic heterocycles. The SMILES string of the molecule is CC(C)S(=O)(=O)C(=O)c1sncc1C(=O)O. The molecular weight excluding hydrogens is 254 g/mol. The lowest BCUT2D eigenvalue weighted by Gasteiger charge is -2.04. The predicted octanol–water partition coefficient (Wildman–Crippen LogP) is 0.805. The Morgan fingerprint density at radius 1 is 1.44 bits per heavy atom. The molecule has 0 radical (unpaired) electrons. The first-order chi connectivity index (χ1) is 7.28. The number of rotatable bonds is 3. The molecular formula is C8H9NO5S2. The Morgan fingerprint density at radius 3 is 2.44 bits per heavy atom. The highest BCUT2D eigenvalue weighted by Gasteiger charge is 2.32. The van der Waals surface area contributed by atoms with Crippen LogP contribution in [0.15, 0.2) is 6.20 Å². The molecule has 0 saturated heterocycles. The minimum atomic E-state index is -3.99. The third-order valence-electron chi connectivity index (χ3n) is 1.87. The van der Waals surface area contributed by atoms with Crippen LogP contribution in [0, 0.1) is 0 Å². The van der Waals surface area contributed by atoms with E-state index in [0.29, 0.717) is 11.5 Å². The van der Waals surface area contributed by atoms with Gasteiger partial charge in [-0.2, -0.15) is 4.37 Å². The molecule has 0 fully saturated rings. The molecule has 0 bridgehead atoms. The van der Waals surface area contributed by atoms with E-state index in [4.69, 9.17) is 5.11 Å². The average molecular weight is 263 g/mol. The summed E-state index contributed by atoms with van der Waals surface area (Å²) in [6.45, 7) is 2.71. The molecule has 1 N–H and O–H groups in total. The Bertz CT molecular complexity index is 528. The fraction of sp³-hybridized carbons (Fsp3) is 0.375. The summed E-state index contributed by atoms with van der Waals surface area (Å²) in [6.07, 6.45) is 0.968. The molecule has 0 aliphatic heterocycles. The molecule has 6 nitrogen and oxygen atoms in total. The van der Waals surface area contributed by atoms with Crippen LogP contribution in [0.1, 0.15) is 33.9 Å². The minimum Gasteiger partial charge on any atom is -0.478 e. The molecule has 1 aromatic rings. The molecule has 0 aliphatic carbocycles. The van der Waals surface area contributed by atoms with Crippen LogP contribution in [0.2, 0.25) is 0 Å². The Morgan fingerprint density at radius 2 is 2.00 bits per heavy atom. The summed E-state index contributed by atoms with van der Waals surface area (Å²) in [6, 6.07) is 0. The van der Waals surface area contributed by atoms with Crippen molar-refractivity contribution < 1.29 is 23.1 Å². The Balaban J connectivity index is 3.27. The number of carbonyl (C=O) groups excluding carboxylic acids is 1. The van der Waals surface area contributed by atoms with E-state index in [2.05, 4.69) is 4.37 Å². The van der Waals surface area contributed by atoms with Gasteiger partial charge in [0.05, 0.1) is 11.4 Å². The summed E-state index contributed by atoms with van der Waals surface area (Å²) in [4.78, 5) is 22.0. The number of sulfone groups is 1. The van der Waals surface area contributed by atoms with Crippen LogP contribution in [0.5, 0.6) is 0 Å². The Hall–Kier alpha value is -1.28. The number of aromatic nitrogens is 1. The zero-order valence-corrected chi connectivity index (χ0v) is 10.1. The summed E-state index contributed by atoms with van der Waals surface area (Å²) in [7, 11) is -3.99. The number of carboxylic acid groups (broad SMARTS) is 1. The maximum Gasteiger partial charge on any atom is 0.338 e. The molecule has 0 unspecified atom stereocenters. The highest BCUT2D eigenvalue weighted by molar-refractivity contribution is 8.07. The maximum absolute atomic E-state index is 11.6. The molecule has 1 heterocycles. The lowest BCUT2D eigenvalue weighted by molar-refractivity contribution is 0.0694. The second kappa shape index (κ2) is 4.30. The van der Waals surface area contributed by atoms with Crippen molar-refractivity contribution in [1.82, 2.24) is 4.37 Å². The second-order valence-corrected chi connectivity index (χ2v) is 6.46. The van der Waals surface area contributed by atoms with Crippen LogP contribution < -0.4 is 0 Å². The second-order valence-electron chi connectivity index (χ2n) is 3.25. The summed E-state index contributed by atoms with van der Waals surface area (Å²) >= 11 is 0.571. The average Bonchev–Trinajstić information content (AvgIpc) is 2.64. The van der Waals surface area contributed by atoms with Gasteiger partial charge >= 0.3 is 5.97 Å². The van der Waals surface area contributed by atoms with Crippen molar-refractivity contribution in [2.45, 2.75) is 19.1 Å². The van der Waals surface area contributed by atoms with Gasteiger partial charge < -0.3 is 5.11 Å². The summed E-state index contributed by atoms with van der Waals surface area (Å²) in [5, 5.41) is 6.66. The van der Waals surface area contributed by atoms with E-state index >= 15 is 0 Å². The van der Waals surface area contributed by atoms with Gasteiger partial charge in [0.1, 0.15) is 10.4 Å². The molecule has 88 valence electrons. The van der Waals surface area contributed by atoms with Gasteiger partial charge in [0.15, 0.2) is 0 Å². The molecule has 16 heavy (non-hydrogen) atoms. The monoisotopic (exact) mass is 263 g/mol. The van der Waals surface area contributed by atoms with Gasteiger partial charge in [-0.3, -0.25) is 4.79 Å². The number of aromatic carboxylic acids is 1. The van der Waals surface area contributed by atoms with E-state index in [1.165, 1.54) is 13.8 Å². The normalized spacial score (nSPS) is 11.7. The molecule has 1 rings (SSSR count). The van der Waals surface area contributed by atoms with Crippen LogP contribution in [0.4, 0.5) is 0 Å². The number of carboxylic acids is 1. The molecule has 0 saturated carbocycles. The van der Waals surface area contributed by atoms with Gasteiger partial charge in [0.25, 0.3) is 5.12 Å². The zero-order valence-electron chi connectivity index (χ0n) is 8.50. The molecule has 0 aromatic carbocycles. The molecule has 0 atom stereocenters. The van der Waals surface area contributed by atoms with Crippen molar-refractivity contribution in [2.75, 3.05) is 0 Å². The van der Waals surface area contributed by atoms with Crippen LogP contribution in [0.3, 0.4) is 0 Å². The predicted molar refractivity (Wildman–Crippen MR) is 57.5 cm³/mol. The van der Waals surface area contributed by atoms with E-state index in [1.807, 2.05) is 0 Å². The van der Waals surface area contributed by atoms with Crippen LogP contribution >= 0.6 is 11.5 Å². The highest BCUT2D eigenvalue weighted by Crippen LogP contribution is 2.19. The van der Waals surface area contributed by atoms with E-state index in [1.54, 1.807) is 0 Å². The Kier molecular flexibility index (Phi) is 3.44. The lowest BCUT2D eigenvalue weighted by atomic mass is 10.3. The van der Waals surface area contributed by atoms with Crippen molar-refractivity contribution >= 4 is 32.5 Å². The van der Waals surface area contributed by atoms with Crippen LogP contribution in [-0.2, 0) is 9.84 Å². The smallest absolute Gasteiger partial charge is 0.338 e. The van der Waals surface area contributed by atoms with Crippen molar-refractivity contribution in [3.05, 3.63) is 16.6 Å². The van der Waals surface area contributed by atoms with Crippen molar-refractivity contribution in [1.29, 1.82) is 0 Å². The molecule has 0 amide bonds. The third kappa shape index (κ3) is 2.12. The number of hydrogen-bond acceptors (Lipinski definition) is 6. The number of nitrogens with zero attached hydrogens (tertiary/aromatic N) is 1. The van der Waals surface area contributed by atoms with Crippen molar-refractivity contribution in [2.24, 2.45) is 0 Å². The van der Waals surface area contributed by atoms with Gasteiger partial charge in [-0.1, -0.05) is 0 Å². The molecule has 0 aliphatic rings. The number of carbonyl (C=O) groups is 2. The van der Waals surface area contributed by atoms with E-state index in [0.717, 1.165) is 6.20 Å². The molecule has 8 heteroatoms. The summed E-state index contributed by atoms with van der Waals surface area (Å²) in [5.74, 6) is -1.36. The van der Waals surface area contributed by atoms with E-state index in [-0.39, 0.29) is 10.4 Å². The quantitative estimate of drug-likeness (QED) is 0.865. The molecule has 0 spiro atoms. The van der Waals surface area contributed by atoms with Crippen molar-refractivity contribution in [3.8, 4) is 0 Å². The first-order valence-corrected chi connectivity index (χ1v) is 6.56. The van der Waals surface area contributed by atoms with Gasteiger partial charge in [-0.25, -0.2) is 13.2 Å². The maximum atomic E-state index is 11.6. The van der Waals surface area contributed by atoms with E-state index < -0.39 is 26.2 Å². The lowest BCUT2D eigenvalue weighted by Crippen LogP contribution is -2.24. The Labute approximate surface area is 96.0 Å². The zero-order chi connectivity index (χ0) is 12.5. The van der Waals surface area contributed by atoms with Crippen LogP contribution in [-0.4, -0.2) is 34.2 Å². The van der Waals surface area contributed by atoms with Gasteiger partial charge in [-0.05, 0) is 25.4 Å². The third-order valence-corrected chi connectivity index (χ3v) is 4.76. The fourth-order valence-corrected chi connectivity index (χ4v) is 2.72. The van der Waals surface area contributed by atoms with Crippen LogP contribution in [0.25, 0.3) is 0 Å². The largest absolute Gasteiger partial charge is 0.478 e. The van der Waals surface area contributed by atoms with Gasteiger partial charge in [-0.15, -0.1) is 0 Å². The topological polar surface area (TPSA) is 101 Å². The highest BCUT2D eigenvalue weighted by atomic mass is 32.2.